The van der Waals surface area contributed by atoms with Crippen molar-refractivity contribution in [2.75, 3.05) is 4.90 Å². The highest BCUT2D eigenvalue weighted by Gasteiger charge is 2.16. The Bertz CT molecular complexity index is 816. The van der Waals surface area contributed by atoms with Crippen molar-refractivity contribution < 1.29 is 4.79 Å². The second-order valence-electron chi connectivity index (χ2n) is 5.09. The van der Waals surface area contributed by atoms with E-state index < -0.39 is 5.91 Å². The van der Waals surface area contributed by atoms with Gasteiger partial charge in [0, 0.05) is 18.1 Å². The number of anilines is 3. The number of nitrogens with two attached hydrogens (primary N) is 1. The van der Waals surface area contributed by atoms with E-state index in [1.807, 2.05) is 66.4 Å². The normalized spacial score (nSPS) is 10.3. The summed E-state index contributed by atoms with van der Waals surface area (Å²) in [7, 11) is 0. The molecule has 0 radical (unpaired) electrons. The van der Waals surface area contributed by atoms with Crippen LogP contribution in [0.4, 0.5) is 17.3 Å². The van der Waals surface area contributed by atoms with Crippen molar-refractivity contribution in [3.63, 3.8) is 0 Å². The molecule has 0 fully saturated rings. The van der Waals surface area contributed by atoms with Gasteiger partial charge in [-0.2, -0.15) is 0 Å². The fraction of sp³-hybridized carbons (Fsp3) is 0.0556. The van der Waals surface area contributed by atoms with E-state index in [2.05, 4.69) is 9.97 Å². The fourth-order valence-electron chi connectivity index (χ4n) is 2.32. The van der Waals surface area contributed by atoms with Crippen LogP contribution < -0.4 is 10.6 Å². The largest absolute Gasteiger partial charge is 0.366 e. The van der Waals surface area contributed by atoms with Crippen LogP contribution in [0.15, 0.2) is 67.0 Å². The number of rotatable bonds is 4. The first-order chi connectivity index (χ1) is 11.2. The van der Waals surface area contributed by atoms with Crippen molar-refractivity contribution in [1.29, 1.82) is 0 Å². The van der Waals surface area contributed by atoms with E-state index in [9.17, 15) is 4.79 Å². The van der Waals surface area contributed by atoms with Gasteiger partial charge in [-0.3, -0.25) is 9.69 Å². The molecule has 0 saturated heterocycles. The highest BCUT2D eigenvalue weighted by molar-refractivity contribution is 5.92. The first-order valence-electron chi connectivity index (χ1n) is 7.19. The Labute approximate surface area is 134 Å². The molecule has 3 rings (SSSR count). The van der Waals surface area contributed by atoms with Gasteiger partial charge in [0.15, 0.2) is 0 Å². The van der Waals surface area contributed by atoms with E-state index in [1.165, 1.54) is 12.4 Å². The van der Waals surface area contributed by atoms with Gasteiger partial charge in [-0.1, -0.05) is 36.4 Å². The van der Waals surface area contributed by atoms with Crippen molar-refractivity contribution in [2.24, 2.45) is 5.73 Å². The molecule has 23 heavy (non-hydrogen) atoms. The maximum absolute atomic E-state index is 11.2. The zero-order valence-electron chi connectivity index (χ0n) is 12.7. The minimum atomic E-state index is -0.543. The fourth-order valence-corrected chi connectivity index (χ4v) is 2.32. The van der Waals surface area contributed by atoms with Crippen LogP contribution in [0, 0.1) is 6.92 Å². The Balaban J connectivity index is 2.13. The molecule has 2 N–H and O–H groups in total. The Morgan fingerprint density at radius 3 is 2.17 bits per heavy atom. The molecular weight excluding hydrogens is 288 g/mol. The molecule has 0 aliphatic carbocycles. The van der Waals surface area contributed by atoms with Crippen LogP contribution in [0.1, 0.15) is 15.9 Å². The Morgan fingerprint density at radius 1 is 0.957 bits per heavy atom. The molecule has 5 heteroatoms. The Hall–Kier alpha value is -3.21. The van der Waals surface area contributed by atoms with Crippen LogP contribution in [0.3, 0.4) is 0 Å². The predicted molar refractivity (Wildman–Crippen MR) is 90.0 cm³/mol. The summed E-state index contributed by atoms with van der Waals surface area (Å²) in [5.74, 6) is -0.0609. The monoisotopic (exact) mass is 304 g/mol. The van der Waals surface area contributed by atoms with Crippen LogP contribution in [-0.2, 0) is 0 Å². The summed E-state index contributed by atoms with van der Waals surface area (Å²) in [6.07, 6.45) is 2.89. The van der Waals surface area contributed by atoms with Crippen LogP contribution in [0.2, 0.25) is 0 Å². The molecule has 1 heterocycles. The van der Waals surface area contributed by atoms with E-state index in [-0.39, 0.29) is 5.56 Å². The molecule has 0 saturated carbocycles. The first kappa shape index (κ1) is 14.7. The average molecular weight is 304 g/mol. The number of hydrogen-bond donors (Lipinski definition) is 1. The van der Waals surface area contributed by atoms with E-state index in [1.54, 1.807) is 0 Å². The summed E-state index contributed by atoms with van der Waals surface area (Å²) in [5.41, 5.74) is 8.55. The average Bonchev–Trinajstić information content (AvgIpc) is 2.58. The summed E-state index contributed by atoms with van der Waals surface area (Å²) in [5, 5.41) is 0. The highest BCUT2D eigenvalue weighted by atomic mass is 16.1. The van der Waals surface area contributed by atoms with Crippen LogP contribution in [0.5, 0.6) is 0 Å². The molecule has 0 aliphatic rings. The summed E-state index contributed by atoms with van der Waals surface area (Å²) in [4.78, 5) is 21.8. The standard InChI is InChI=1S/C18H16N4O/c1-13-7-5-6-10-16(13)22(15-8-3-2-4-9-15)18-20-11-14(12-21-18)17(19)23/h2-12H,1H3,(H2,19,23). The zero-order valence-corrected chi connectivity index (χ0v) is 12.7. The number of carbonyl (C=O) groups is 1. The van der Waals surface area contributed by atoms with Gasteiger partial charge in [-0.15, -0.1) is 0 Å². The van der Waals surface area contributed by atoms with Gasteiger partial charge in [0.2, 0.25) is 5.95 Å². The smallest absolute Gasteiger partial charge is 0.251 e. The minimum absolute atomic E-state index is 0.284. The SMILES string of the molecule is Cc1ccccc1N(c1ccccc1)c1ncc(C(N)=O)cn1. The summed E-state index contributed by atoms with van der Waals surface area (Å²) < 4.78 is 0. The maximum Gasteiger partial charge on any atom is 0.251 e. The van der Waals surface area contributed by atoms with E-state index in [4.69, 9.17) is 5.73 Å². The van der Waals surface area contributed by atoms with Crippen molar-refractivity contribution in [1.82, 2.24) is 9.97 Å². The highest BCUT2D eigenvalue weighted by Crippen LogP contribution is 2.33. The lowest BCUT2D eigenvalue weighted by Gasteiger charge is -2.24. The molecule has 3 aromatic rings. The van der Waals surface area contributed by atoms with Gasteiger partial charge in [-0.05, 0) is 30.7 Å². The number of para-hydroxylation sites is 2. The lowest BCUT2D eigenvalue weighted by atomic mass is 10.1. The molecule has 0 aliphatic heterocycles. The number of primary amides is 1. The molecule has 0 bridgehead atoms. The third kappa shape index (κ3) is 3.03. The maximum atomic E-state index is 11.2. The quantitative estimate of drug-likeness (QED) is 0.802. The lowest BCUT2D eigenvalue weighted by Crippen LogP contribution is -2.16. The number of amides is 1. The molecule has 1 aromatic heterocycles. The number of aromatic nitrogens is 2. The summed E-state index contributed by atoms with van der Waals surface area (Å²) >= 11 is 0. The Kier molecular flexibility index (Phi) is 4.01. The zero-order chi connectivity index (χ0) is 16.2. The minimum Gasteiger partial charge on any atom is -0.366 e. The van der Waals surface area contributed by atoms with Crippen LogP contribution in [0.25, 0.3) is 0 Å². The van der Waals surface area contributed by atoms with Crippen molar-refractivity contribution in [3.8, 4) is 0 Å². The number of aryl methyl sites for hydroxylation is 1. The molecule has 0 unspecified atom stereocenters. The topological polar surface area (TPSA) is 72.1 Å². The molecule has 1 amide bonds. The van der Waals surface area contributed by atoms with Crippen LogP contribution in [-0.4, -0.2) is 15.9 Å². The van der Waals surface area contributed by atoms with Gasteiger partial charge >= 0.3 is 0 Å². The third-order valence-electron chi connectivity index (χ3n) is 3.49. The molecule has 0 spiro atoms. The predicted octanol–water partition coefficient (Wildman–Crippen LogP) is 3.35. The van der Waals surface area contributed by atoms with Gasteiger partial charge in [0.25, 0.3) is 5.91 Å². The number of benzene rings is 2. The van der Waals surface area contributed by atoms with E-state index in [0.29, 0.717) is 5.95 Å². The second kappa shape index (κ2) is 6.27. The first-order valence-corrected chi connectivity index (χ1v) is 7.19. The molecular formula is C18H16N4O. The van der Waals surface area contributed by atoms with E-state index in [0.717, 1.165) is 16.9 Å². The van der Waals surface area contributed by atoms with E-state index >= 15 is 0 Å². The van der Waals surface area contributed by atoms with Crippen molar-refractivity contribution >= 4 is 23.2 Å². The van der Waals surface area contributed by atoms with Gasteiger partial charge in [0.05, 0.1) is 11.3 Å². The Morgan fingerprint density at radius 2 is 1.57 bits per heavy atom. The van der Waals surface area contributed by atoms with Crippen LogP contribution >= 0.6 is 0 Å². The number of hydrogen-bond acceptors (Lipinski definition) is 4. The molecule has 2 aromatic carbocycles. The lowest BCUT2D eigenvalue weighted by molar-refractivity contribution is 0.0999. The van der Waals surface area contributed by atoms with Gasteiger partial charge < -0.3 is 5.73 Å². The van der Waals surface area contributed by atoms with Crippen molar-refractivity contribution in [3.05, 3.63) is 78.1 Å². The number of carbonyl (C=O) groups excluding carboxylic acids is 1. The molecule has 114 valence electrons. The molecule has 5 nitrogen and oxygen atoms in total. The number of nitrogens with zero attached hydrogens (tertiary/aromatic N) is 3. The third-order valence-corrected chi connectivity index (χ3v) is 3.49. The second-order valence-corrected chi connectivity index (χ2v) is 5.09. The molecule has 0 atom stereocenters. The summed E-state index contributed by atoms with van der Waals surface area (Å²) in [6.45, 7) is 2.03. The van der Waals surface area contributed by atoms with Gasteiger partial charge in [0.1, 0.15) is 0 Å². The summed E-state index contributed by atoms with van der Waals surface area (Å²) in [6, 6.07) is 17.8. The van der Waals surface area contributed by atoms with Gasteiger partial charge in [-0.25, -0.2) is 9.97 Å². The van der Waals surface area contributed by atoms with Crippen molar-refractivity contribution in [2.45, 2.75) is 6.92 Å².